The zero-order valence-electron chi connectivity index (χ0n) is 17.5. The lowest BCUT2D eigenvalue weighted by Gasteiger charge is -2.60. The largest absolute Gasteiger partial charge is 0.384 e. The van der Waals surface area contributed by atoms with Gasteiger partial charge in [0.2, 0.25) is 0 Å². The summed E-state index contributed by atoms with van der Waals surface area (Å²) in [4.78, 5) is 0. The molecule has 0 N–H and O–H groups in total. The van der Waals surface area contributed by atoms with Crippen molar-refractivity contribution in [2.24, 2.45) is 52.3 Å². The lowest BCUT2D eigenvalue weighted by Crippen LogP contribution is -2.52. The van der Waals surface area contributed by atoms with Crippen LogP contribution in [-0.4, -0.2) is 13.7 Å². The van der Waals surface area contributed by atoms with Crippen LogP contribution in [0.5, 0.6) is 0 Å². The molecule has 0 radical (unpaired) electrons. The maximum absolute atomic E-state index is 9.53. The molecule has 146 valence electrons. The van der Waals surface area contributed by atoms with E-state index in [1.165, 1.54) is 57.8 Å². The van der Waals surface area contributed by atoms with E-state index >= 15 is 0 Å². The Balaban J connectivity index is 1.53. The van der Waals surface area contributed by atoms with Crippen molar-refractivity contribution < 1.29 is 4.74 Å². The number of nitriles is 1. The molecule has 2 heteroatoms. The number of methoxy groups -OCH3 is 1. The van der Waals surface area contributed by atoms with Gasteiger partial charge in [-0.05, 0) is 111 Å². The van der Waals surface area contributed by atoms with Crippen molar-refractivity contribution in [1.29, 1.82) is 5.26 Å². The third-order valence-corrected chi connectivity index (χ3v) is 9.88. The summed E-state index contributed by atoms with van der Waals surface area (Å²) in [5.74, 6) is 5.42. The lowest BCUT2D eigenvalue weighted by molar-refractivity contribution is -0.110. The standard InChI is InChI=1S/C24H39NO/c1-16(14-25)20-7-8-22-19-9-11-23(2)13-17(15-26-4)5-6-21(23)18(19)10-12-24(20,22)3/h16-22H,5-13,15H2,1-4H3. The molecule has 9 unspecified atom stereocenters. The minimum Gasteiger partial charge on any atom is -0.384 e. The average Bonchev–Trinajstić information content (AvgIpc) is 2.97. The molecule has 4 saturated carbocycles. The molecular formula is C24H39NO. The van der Waals surface area contributed by atoms with Crippen LogP contribution in [0.4, 0.5) is 0 Å². The number of rotatable bonds is 3. The van der Waals surface area contributed by atoms with Gasteiger partial charge in [-0.1, -0.05) is 13.8 Å². The summed E-state index contributed by atoms with van der Waals surface area (Å²) in [5.41, 5.74) is 1.01. The van der Waals surface area contributed by atoms with Crippen molar-refractivity contribution in [1.82, 2.24) is 0 Å². The molecule has 2 nitrogen and oxygen atoms in total. The predicted octanol–water partition coefficient (Wildman–Crippen LogP) is 6.07. The fraction of sp³-hybridized carbons (Fsp3) is 0.958. The van der Waals surface area contributed by atoms with E-state index in [-0.39, 0.29) is 5.92 Å². The molecule has 0 aromatic heterocycles. The number of hydrogen-bond acceptors (Lipinski definition) is 2. The van der Waals surface area contributed by atoms with Gasteiger partial charge in [-0.25, -0.2) is 0 Å². The van der Waals surface area contributed by atoms with Crippen molar-refractivity contribution in [2.45, 2.75) is 78.6 Å². The summed E-state index contributed by atoms with van der Waals surface area (Å²) in [6.45, 7) is 8.31. The van der Waals surface area contributed by atoms with Gasteiger partial charge in [0.15, 0.2) is 0 Å². The van der Waals surface area contributed by atoms with Crippen LogP contribution in [0, 0.1) is 63.6 Å². The van der Waals surface area contributed by atoms with E-state index in [9.17, 15) is 5.26 Å². The first kappa shape index (κ1) is 18.8. The average molecular weight is 358 g/mol. The van der Waals surface area contributed by atoms with Gasteiger partial charge in [0.1, 0.15) is 0 Å². The van der Waals surface area contributed by atoms with Gasteiger partial charge in [-0.3, -0.25) is 0 Å². The molecule has 4 fully saturated rings. The van der Waals surface area contributed by atoms with Crippen LogP contribution in [0.3, 0.4) is 0 Å². The molecule has 0 heterocycles. The lowest BCUT2D eigenvalue weighted by atomic mass is 9.45. The summed E-state index contributed by atoms with van der Waals surface area (Å²) in [6.07, 6.45) is 12.6. The molecule has 9 atom stereocenters. The molecule has 0 aliphatic heterocycles. The van der Waals surface area contributed by atoms with Gasteiger partial charge in [0.25, 0.3) is 0 Å². The molecule has 26 heavy (non-hydrogen) atoms. The number of hydrogen-bond donors (Lipinski definition) is 0. The van der Waals surface area contributed by atoms with Crippen molar-refractivity contribution >= 4 is 0 Å². The highest BCUT2D eigenvalue weighted by atomic mass is 16.5. The second-order valence-corrected chi connectivity index (χ2v) is 11.0. The van der Waals surface area contributed by atoms with Crippen molar-refractivity contribution in [3.63, 3.8) is 0 Å². The van der Waals surface area contributed by atoms with Gasteiger partial charge < -0.3 is 4.74 Å². The van der Waals surface area contributed by atoms with E-state index in [0.717, 1.165) is 36.2 Å². The quantitative estimate of drug-likeness (QED) is 0.614. The summed E-state index contributed by atoms with van der Waals surface area (Å²) in [6, 6.07) is 2.59. The van der Waals surface area contributed by atoms with Gasteiger partial charge in [0, 0.05) is 19.6 Å². The van der Waals surface area contributed by atoms with E-state index in [1.54, 1.807) is 0 Å². The maximum atomic E-state index is 9.53. The molecule has 4 aliphatic carbocycles. The Morgan fingerprint density at radius 1 is 1.00 bits per heavy atom. The number of ether oxygens (including phenoxy) is 1. The highest BCUT2D eigenvalue weighted by molar-refractivity contribution is 5.10. The Morgan fingerprint density at radius 3 is 2.42 bits per heavy atom. The van der Waals surface area contributed by atoms with Crippen LogP contribution < -0.4 is 0 Å². The molecule has 0 aromatic rings. The van der Waals surface area contributed by atoms with Crippen LogP contribution in [-0.2, 0) is 4.74 Å². The second-order valence-electron chi connectivity index (χ2n) is 11.0. The van der Waals surface area contributed by atoms with E-state index < -0.39 is 0 Å². The van der Waals surface area contributed by atoms with E-state index in [2.05, 4.69) is 26.8 Å². The molecule has 0 bridgehead atoms. The highest BCUT2D eigenvalue weighted by Gasteiger charge is 2.59. The molecule has 4 rings (SSSR count). The summed E-state index contributed by atoms with van der Waals surface area (Å²) < 4.78 is 5.50. The van der Waals surface area contributed by atoms with Crippen LogP contribution in [0.15, 0.2) is 0 Å². The molecule has 4 aliphatic rings. The molecule has 0 spiro atoms. The van der Waals surface area contributed by atoms with Crippen LogP contribution in [0.25, 0.3) is 0 Å². The topological polar surface area (TPSA) is 33.0 Å². The van der Waals surface area contributed by atoms with Gasteiger partial charge >= 0.3 is 0 Å². The predicted molar refractivity (Wildman–Crippen MR) is 105 cm³/mol. The zero-order chi connectivity index (χ0) is 18.5. The van der Waals surface area contributed by atoms with Crippen LogP contribution >= 0.6 is 0 Å². The van der Waals surface area contributed by atoms with Gasteiger partial charge in [-0.2, -0.15) is 5.26 Å². The first-order chi connectivity index (χ1) is 12.4. The first-order valence-electron chi connectivity index (χ1n) is 11.3. The first-order valence-corrected chi connectivity index (χ1v) is 11.3. The van der Waals surface area contributed by atoms with Crippen LogP contribution in [0.1, 0.15) is 78.6 Å². The maximum Gasteiger partial charge on any atom is 0.0656 e. The summed E-state index contributed by atoms with van der Waals surface area (Å²) in [5, 5.41) is 9.53. The minimum atomic E-state index is 0.236. The fourth-order valence-electron chi connectivity index (χ4n) is 8.75. The third kappa shape index (κ3) is 2.76. The Labute approximate surface area is 161 Å². The van der Waals surface area contributed by atoms with Gasteiger partial charge in [-0.15, -0.1) is 0 Å². The van der Waals surface area contributed by atoms with E-state index in [0.29, 0.717) is 16.7 Å². The Morgan fingerprint density at radius 2 is 1.69 bits per heavy atom. The Kier molecular flexibility index (Phi) is 4.92. The number of fused-ring (bicyclic) bond motifs is 5. The van der Waals surface area contributed by atoms with E-state index in [4.69, 9.17) is 4.74 Å². The Hall–Kier alpha value is -0.550. The normalized spacial score (nSPS) is 51.7. The van der Waals surface area contributed by atoms with Crippen molar-refractivity contribution in [3.8, 4) is 6.07 Å². The van der Waals surface area contributed by atoms with Crippen molar-refractivity contribution in [3.05, 3.63) is 0 Å². The smallest absolute Gasteiger partial charge is 0.0656 e. The minimum absolute atomic E-state index is 0.236. The fourth-order valence-corrected chi connectivity index (χ4v) is 8.75. The highest BCUT2D eigenvalue weighted by Crippen LogP contribution is 2.67. The van der Waals surface area contributed by atoms with E-state index in [1.807, 2.05) is 7.11 Å². The number of nitrogens with zero attached hydrogens (tertiary/aromatic N) is 1. The monoisotopic (exact) mass is 357 g/mol. The van der Waals surface area contributed by atoms with Crippen LogP contribution in [0.2, 0.25) is 0 Å². The third-order valence-electron chi connectivity index (χ3n) is 9.88. The molecular weight excluding hydrogens is 318 g/mol. The molecule has 0 aromatic carbocycles. The van der Waals surface area contributed by atoms with Crippen molar-refractivity contribution in [2.75, 3.05) is 13.7 Å². The summed E-state index contributed by atoms with van der Waals surface area (Å²) in [7, 11) is 1.87. The molecule has 0 amide bonds. The summed E-state index contributed by atoms with van der Waals surface area (Å²) >= 11 is 0. The SMILES string of the molecule is COCC1CCC2C3CCC4(C)C(C(C)C#N)CCC4C3CCC2(C)C1. The Bertz CT molecular complexity index is 567. The second kappa shape index (κ2) is 6.80. The molecule has 0 saturated heterocycles. The zero-order valence-corrected chi connectivity index (χ0v) is 17.5. The van der Waals surface area contributed by atoms with Gasteiger partial charge in [0.05, 0.1) is 6.07 Å².